The highest BCUT2D eigenvalue weighted by atomic mass is 32.3. The minimum absolute atomic E-state index is 0.175. The summed E-state index contributed by atoms with van der Waals surface area (Å²) in [5, 5.41) is 0. The predicted octanol–water partition coefficient (Wildman–Crippen LogP) is -0.537. The fourth-order valence-corrected chi connectivity index (χ4v) is 1.30. The van der Waals surface area contributed by atoms with E-state index in [1.165, 1.54) is 6.42 Å². The minimum Gasteiger partial charge on any atom is -0.376 e. The molecule has 1 heterocycles. The van der Waals surface area contributed by atoms with Crippen LogP contribution in [0.25, 0.3) is 0 Å². The second-order valence-electron chi connectivity index (χ2n) is 3.90. The van der Waals surface area contributed by atoms with Gasteiger partial charge in [-0.1, -0.05) is 13.0 Å². The summed E-state index contributed by atoms with van der Waals surface area (Å²) in [6, 6.07) is 0. The normalized spacial score (nSPS) is 18.8. The lowest BCUT2D eigenvalue weighted by Crippen LogP contribution is -2.28. The molecule has 0 saturated heterocycles. The smallest absolute Gasteiger partial charge is 0.376 e. The number of guanidine groups is 1. The number of nitrogens with two attached hydrogens (primary N) is 2. The van der Waals surface area contributed by atoms with Crippen molar-refractivity contribution >= 4 is 16.4 Å². The van der Waals surface area contributed by atoms with Gasteiger partial charge in [-0.15, -0.1) is 0 Å². The second-order valence-corrected chi connectivity index (χ2v) is 4.79. The summed E-state index contributed by atoms with van der Waals surface area (Å²) >= 11 is 0. The van der Waals surface area contributed by atoms with Gasteiger partial charge in [-0.3, -0.25) is 14.1 Å². The molecule has 9 heteroatoms. The Hall–Kier alpha value is -1.32. The summed E-state index contributed by atoms with van der Waals surface area (Å²) in [6.45, 7) is 4.92. The van der Waals surface area contributed by atoms with E-state index in [2.05, 4.69) is 29.1 Å². The number of hydrogen-bond acceptors (Lipinski definition) is 4. The first-order valence-corrected chi connectivity index (χ1v) is 6.76. The molecule has 0 bridgehead atoms. The van der Waals surface area contributed by atoms with Crippen molar-refractivity contribution in [2.24, 2.45) is 22.4 Å². The molecule has 1 unspecified atom stereocenters. The first-order chi connectivity index (χ1) is 8.18. The van der Waals surface area contributed by atoms with Crippen LogP contribution in [0, 0.1) is 5.92 Å². The standard InChI is InChI=1S/C9H18N4.H2O4S/c1-8-2-5-13(6-3-8)7-4-12-9(10)11;1-5(2,3)4/h2,5,8H,3-4,6-7H2,1H3,(H4,10,11,12);(H2,1,2,3,4). The van der Waals surface area contributed by atoms with E-state index in [4.69, 9.17) is 29.0 Å². The summed E-state index contributed by atoms with van der Waals surface area (Å²) in [5.74, 6) is 0.883. The Balaban J connectivity index is 0.000000494. The predicted molar refractivity (Wildman–Crippen MR) is 69.3 cm³/mol. The molecular weight excluding hydrogens is 260 g/mol. The van der Waals surface area contributed by atoms with Gasteiger partial charge >= 0.3 is 10.4 Å². The number of rotatable bonds is 3. The maximum absolute atomic E-state index is 8.74. The van der Waals surface area contributed by atoms with Gasteiger partial charge in [-0.25, -0.2) is 0 Å². The number of nitrogens with zero attached hydrogens (tertiary/aromatic N) is 2. The van der Waals surface area contributed by atoms with Crippen LogP contribution in [0.3, 0.4) is 0 Å². The molecule has 0 aromatic heterocycles. The Morgan fingerprint density at radius 3 is 2.44 bits per heavy atom. The van der Waals surface area contributed by atoms with Crippen LogP contribution in [0.15, 0.2) is 17.3 Å². The maximum Gasteiger partial charge on any atom is 0.394 e. The van der Waals surface area contributed by atoms with Gasteiger partial charge in [0, 0.05) is 13.1 Å². The molecule has 0 saturated carbocycles. The Morgan fingerprint density at radius 2 is 2.06 bits per heavy atom. The molecule has 106 valence electrons. The Kier molecular flexibility index (Phi) is 7.32. The molecule has 0 amide bonds. The van der Waals surface area contributed by atoms with Crippen molar-refractivity contribution in [1.82, 2.24) is 4.90 Å². The van der Waals surface area contributed by atoms with Gasteiger partial charge in [0.15, 0.2) is 5.96 Å². The van der Waals surface area contributed by atoms with E-state index in [9.17, 15) is 0 Å². The fraction of sp³-hybridized carbons (Fsp3) is 0.667. The van der Waals surface area contributed by atoms with Crippen molar-refractivity contribution in [3.63, 3.8) is 0 Å². The van der Waals surface area contributed by atoms with Crippen LogP contribution in [0.4, 0.5) is 0 Å². The van der Waals surface area contributed by atoms with E-state index in [-0.39, 0.29) is 5.96 Å². The molecule has 0 aromatic rings. The van der Waals surface area contributed by atoms with Crippen molar-refractivity contribution in [2.45, 2.75) is 13.3 Å². The molecule has 0 fully saturated rings. The van der Waals surface area contributed by atoms with E-state index >= 15 is 0 Å². The minimum atomic E-state index is -4.67. The lowest BCUT2D eigenvalue weighted by molar-refractivity contribution is 0.338. The summed E-state index contributed by atoms with van der Waals surface area (Å²) < 4.78 is 31.6. The highest BCUT2D eigenvalue weighted by molar-refractivity contribution is 7.79. The van der Waals surface area contributed by atoms with Crippen LogP contribution in [0.2, 0.25) is 0 Å². The molecule has 0 aromatic carbocycles. The van der Waals surface area contributed by atoms with E-state index in [1.807, 2.05) is 0 Å². The largest absolute Gasteiger partial charge is 0.394 e. The van der Waals surface area contributed by atoms with E-state index in [1.54, 1.807) is 0 Å². The molecule has 1 atom stereocenters. The SMILES string of the molecule is CC1C=CN(CCN=C(N)N)CC1.O=S(=O)(O)O. The van der Waals surface area contributed by atoms with Crippen LogP contribution in [0.1, 0.15) is 13.3 Å². The van der Waals surface area contributed by atoms with Gasteiger partial charge in [0.2, 0.25) is 0 Å². The zero-order valence-electron chi connectivity index (χ0n) is 10.2. The number of hydrogen-bond donors (Lipinski definition) is 4. The molecule has 0 spiro atoms. The molecule has 0 aliphatic carbocycles. The van der Waals surface area contributed by atoms with Gasteiger partial charge in [-0.05, 0) is 18.5 Å². The third-order valence-corrected chi connectivity index (χ3v) is 2.18. The summed E-state index contributed by atoms with van der Waals surface area (Å²) in [4.78, 5) is 6.18. The van der Waals surface area contributed by atoms with Crippen LogP contribution in [0.5, 0.6) is 0 Å². The van der Waals surface area contributed by atoms with Crippen molar-refractivity contribution in [3.05, 3.63) is 12.3 Å². The zero-order chi connectivity index (χ0) is 14.2. The van der Waals surface area contributed by atoms with Crippen molar-refractivity contribution in [3.8, 4) is 0 Å². The average molecular weight is 280 g/mol. The topological polar surface area (TPSA) is 142 Å². The molecule has 6 N–H and O–H groups in total. The summed E-state index contributed by atoms with van der Waals surface area (Å²) in [5.41, 5.74) is 10.4. The number of allylic oxidation sites excluding steroid dienone is 1. The van der Waals surface area contributed by atoms with E-state index in [0.29, 0.717) is 12.5 Å². The van der Waals surface area contributed by atoms with Crippen LogP contribution < -0.4 is 11.5 Å². The summed E-state index contributed by atoms with van der Waals surface area (Å²) in [6.07, 6.45) is 5.58. The third-order valence-electron chi connectivity index (χ3n) is 2.18. The van der Waals surface area contributed by atoms with Crippen molar-refractivity contribution in [2.75, 3.05) is 19.6 Å². The second kappa shape index (κ2) is 7.90. The molecule has 8 nitrogen and oxygen atoms in total. The quantitative estimate of drug-likeness (QED) is 0.309. The summed E-state index contributed by atoms with van der Waals surface area (Å²) in [7, 11) is -4.67. The highest BCUT2D eigenvalue weighted by Crippen LogP contribution is 2.11. The zero-order valence-corrected chi connectivity index (χ0v) is 11.0. The Morgan fingerprint density at radius 1 is 1.50 bits per heavy atom. The van der Waals surface area contributed by atoms with E-state index in [0.717, 1.165) is 13.1 Å². The number of aliphatic imine (C=N–C) groups is 1. The Labute approximate surface area is 107 Å². The van der Waals surface area contributed by atoms with Crippen molar-refractivity contribution < 1.29 is 17.5 Å². The van der Waals surface area contributed by atoms with Gasteiger partial charge < -0.3 is 16.4 Å². The van der Waals surface area contributed by atoms with Crippen LogP contribution in [-0.4, -0.2) is 48.0 Å². The van der Waals surface area contributed by atoms with Crippen LogP contribution >= 0.6 is 0 Å². The van der Waals surface area contributed by atoms with Gasteiger partial charge in [0.25, 0.3) is 0 Å². The lowest BCUT2D eigenvalue weighted by atomic mass is 10.1. The molecular formula is C9H20N4O4S. The average Bonchev–Trinajstić information content (AvgIpc) is 2.18. The highest BCUT2D eigenvalue weighted by Gasteiger charge is 2.07. The van der Waals surface area contributed by atoms with E-state index < -0.39 is 10.4 Å². The molecule has 1 aliphatic heterocycles. The van der Waals surface area contributed by atoms with Gasteiger partial charge in [0.05, 0.1) is 6.54 Å². The first-order valence-electron chi connectivity index (χ1n) is 5.36. The van der Waals surface area contributed by atoms with Gasteiger partial charge in [-0.2, -0.15) is 8.42 Å². The first kappa shape index (κ1) is 16.7. The Bertz CT molecular complexity index is 381. The molecule has 18 heavy (non-hydrogen) atoms. The molecule has 1 rings (SSSR count). The maximum atomic E-state index is 8.74. The molecule has 1 aliphatic rings. The lowest BCUT2D eigenvalue weighted by Gasteiger charge is -2.25. The van der Waals surface area contributed by atoms with Crippen LogP contribution in [-0.2, 0) is 10.4 Å². The van der Waals surface area contributed by atoms with Gasteiger partial charge in [0.1, 0.15) is 0 Å². The monoisotopic (exact) mass is 280 g/mol. The molecule has 0 radical (unpaired) electrons. The van der Waals surface area contributed by atoms with Crippen molar-refractivity contribution in [1.29, 1.82) is 0 Å². The fourth-order valence-electron chi connectivity index (χ4n) is 1.30. The third kappa shape index (κ3) is 12.7.